The van der Waals surface area contributed by atoms with Crippen molar-refractivity contribution >= 4 is 5.91 Å². The van der Waals surface area contributed by atoms with Gasteiger partial charge in [-0.25, -0.2) is 0 Å². The second-order valence-corrected chi connectivity index (χ2v) is 5.50. The van der Waals surface area contributed by atoms with Crippen molar-refractivity contribution in [3.63, 3.8) is 0 Å². The highest BCUT2D eigenvalue weighted by atomic mass is 16.5. The molecule has 0 aromatic heterocycles. The van der Waals surface area contributed by atoms with E-state index in [1.54, 1.807) is 0 Å². The molecule has 2 rings (SSSR count). The number of likely N-dealkylation sites (N-methyl/N-ethyl adjacent to an activating group) is 1. The molecular weight excluding hydrogens is 264 g/mol. The molecule has 0 heterocycles. The van der Waals surface area contributed by atoms with Crippen LogP contribution in [0.4, 0.5) is 0 Å². The maximum absolute atomic E-state index is 11.4. The Hall–Kier alpha value is -1.55. The molecule has 0 fully saturated rings. The molecule has 0 radical (unpaired) electrons. The van der Waals surface area contributed by atoms with E-state index in [1.165, 1.54) is 24.0 Å². The number of carbonyl (C=O) groups is 1. The number of nitrogens with one attached hydrogen (secondary N) is 2. The fourth-order valence-electron chi connectivity index (χ4n) is 2.81. The van der Waals surface area contributed by atoms with Crippen LogP contribution in [0.3, 0.4) is 0 Å². The third-order valence-corrected chi connectivity index (χ3v) is 3.81. The summed E-state index contributed by atoms with van der Waals surface area (Å²) in [4.78, 5) is 11.4. The minimum absolute atomic E-state index is 0.0716. The van der Waals surface area contributed by atoms with E-state index in [2.05, 4.69) is 29.7 Å². The van der Waals surface area contributed by atoms with Gasteiger partial charge in [0.15, 0.2) is 6.61 Å². The molecule has 0 saturated heterocycles. The van der Waals surface area contributed by atoms with E-state index in [0.717, 1.165) is 25.1 Å². The zero-order valence-corrected chi connectivity index (χ0v) is 13.1. The van der Waals surface area contributed by atoms with Crippen molar-refractivity contribution in [3.8, 4) is 5.75 Å². The first-order valence-electron chi connectivity index (χ1n) is 8.00. The molecule has 1 unspecified atom stereocenters. The van der Waals surface area contributed by atoms with Crippen LogP contribution in [-0.4, -0.2) is 25.6 Å². The first-order valence-corrected chi connectivity index (χ1v) is 8.00. The summed E-state index contributed by atoms with van der Waals surface area (Å²) in [5, 5.41) is 6.34. The summed E-state index contributed by atoms with van der Waals surface area (Å²) in [6, 6.07) is 6.68. The summed E-state index contributed by atoms with van der Waals surface area (Å²) in [5.74, 6) is 0.717. The molecule has 0 saturated carbocycles. The lowest BCUT2D eigenvalue weighted by Gasteiger charge is -2.27. The van der Waals surface area contributed by atoms with Gasteiger partial charge in [0, 0.05) is 12.6 Å². The van der Waals surface area contributed by atoms with Crippen molar-refractivity contribution in [2.45, 2.75) is 45.6 Å². The van der Waals surface area contributed by atoms with Crippen LogP contribution in [-0.2, 0) is 11.2 Å². The van der Waals surface area contributed by atoms with Crippen LogP contribution in [0.5, 0.6) is 5.75 Å². The molecule has 116 valence electrons. The third kappa shape index (κ3) is 4.46. The van der Waals surface area contributed by atoms with E-state index in [9.17, 15) is 4.79 Å². The molecular formula is C17H26N2O2. The average Bonchev–Trinajstić information content (AvgIpc) is 2.51. The third-order valence-electron chi connectivity index (χ3n) is 3.81. The number of rotatable bonds is 7. The lowest BCUT2D eigenvalue weighted by Crippen LogP contribution is -2.28. The van der Waals surface area contributed by atoms with Crippen molar-refractivity contribution in [1.82, 2.24) is 10.6 Å². The van der Waals surface area contributed by atoms with Crippen molar-refractivity contribution in [2.75, 3.05) is 19.7 Å². The minimum atomic E-state index is -0.0716. The van der Waals surface area contributed by atoms with Gasteiger partial charge in [0.05, 0.1) is 0 Å². The molecule has 1 aromatic rings. The Morgan fingerprint density at radius 2 is 2.24 bits per heavy atom. The Morgan fingerprint density at radius 1 is 1.38 bits per heavy atom. The topological polar surface area (TPSA) is 50.4 Å². The van der Waals surface area contributed by atoms with Gasteiger partial charge in [0.25, 0.3) is 5.91 Å². The van der Waals surface area contributed by atoms with Gasteiger partial charge in [0.2, 0.25) is 0 Å². The van der Waals surface area contributed by atoms with Crippen molar-refractivity contribution < 1.29 is 9.53 Å². The standard InChI is InChI=1S/C17H26N2O2/c1-3-10-19-16-7-5-6-13-11-14(8-9-15(13)16)21-12-17(20)18-4-2/h8-9,11,16,19H,3-7,10,12H2,1-2H3,(H,18,20). The van der Waals surface area contributed by atoms with Crippen LogP contribution in [0.15, 0.2) is 18.2 Å². The Kier molecular flexibility index (Phi) is 6.05. The fourth-order valence-corrected chi connectivity index (χ4v) is 2.81. The highest BCUT2D eigenvalue weighted by Gasteiger charge is 2.19. The largest absolute Gasteiger partial charge is 0.484 e. The van der Waals surface area contributed by atoms with E-state index >= 15 is 0 Å². The van der Waals surface area contributed by atoms with Gasteiger partial charge in [-0.05, 0) is 62.4 Å². The molecule has 1 amide bonds. The summed E-state index contributed by atoms with van der Waals surface area (Å²) in [6.45, 7) is 5.87. The van der Waals surface area contributed by atoms with Gasteiger partial charge in [0.1, 0.15) is 5.75 Å². The first kappa shape index (κ1) is 15.8. The highest BCUT2D eigenvalue weighted by molar-refractivity contribution is 5.77. The number of aryl methyl sites for hydroxylation is 1. The number of hydrogen-bond acceptors (Lipinski definition) is 3. The number of fused-ring (bicyclic) bond motifs is 1. The monoisotopic (exact) mass is 290 g/mol. The van der Waals surface area contributed by atoms with Gasteiger partial charge in [-0.3, -0.25) is 4.79 Å². The summed E-state index contributed by atoms with van der Waals surface area (Å²) in [7, 11) is 0. The molecule has 4 nitrogen and oxygen atoms in total. The second-order valence-electron chi connectivity index (χ2n) is 5.50. The number of ether oxygens (including phenoxy) is 1. The molecule has 1 aliphatic carbocycles. The predicted molar refractivity (Wildman–Crippen MR) is 84.6 cm³/mol. The van der Waals surface area contributed by atoms with E-state index in [0.29, 0.717) is 12.6 Å². The summed E-state index contributed by atoms with van der Waals surface area (Å²) >= 11 is 0. The first-order chi connectivity index (χ1) is 10.2. The molecule has 1 aromatic carbocycles. The van der Waals surface area contributed by atoms with Crippen LogP contribution in [0.1, 0.15) is 50.3 Å². The maximum Gasteiger partial charge on any atom is 0.257 e. The molecule has 1 aliphatic rings. The van der Waals surface area contributed by atoms with Crippen LogP contribution in [0.2, 0.25) is 0 Å². The van der Waals surface area contributed by atoms with Crippen LogP contribution < -0.4 is 15.4 Å². The van der Waals surface area contributed by atoms with Gasteiger partial charge in [-0.15, -0.1) is 0 Å². The van der Waals surface area contributed by atoms with Gasteiger partial charge in [-0.1, -0.05) is 13.0 Å². The molecule has 4 heteroatoms. The van der Waals surface area contributed by atoms with Gasteiger partial charge < -0.3 is 15.4 Å². The van der Waals surface area contributed by atoms with E-state index < -0.39 is 0 Å². The zero-order valence-electron chi connectivity index (χ0n) is 13.1. The number of carbonyl (C=O) groups excluding carboxylic acids is 1. The van der Waals surface area contributed by atoms with E-state index in [-0.39, 0.29) is 12.5 Å². The molecule has 0 bridgehead atoms. The molecule has 1 atom stereocenters. The molecule has 21 heavy (non-hydrogen) atoms. The molecule has 0 aliphatic heterocycles. The minimum Gasteiger partial charge on any atom is -0.484 e. The predicted octanol–water partition coefficient (Wildman–Crippen LogP) is 2.58. The van der Waals surface area contributed by atoms with Crippen LogP contribution >= 0.6 is 0 Å². The Balaban J connectivity index is 1.99. The van der Waals surface area contributed by atoms with E-state index in [1.807, 2.05) is 13.0 Å². The highest BCUT2D eigenvalue weighted by Crippen LogP contribution is 2.32. The van der Waals surface area contributed by atoms with Crippen LogP contribution in [0, 0.1) is 0 Å². The van der Waals surface area contributed by atoms with Crippen LogP contribution in [0.25, 0.3) is 0 Å². The Bertz CT molecular complexity index is 474. The molecule has 2 N–H and O–H groups in total. The number of amides is 1. The van der Waals surface area contributed by atoms with Gasteiger partial charge >= 0.3 is 0 Å². The Labute approximate surface area is 127 Å². The summed E-state index contributed by atoms with van der Waals surface area (Å²) in [5.41, 5.74) is 2.74. The average molecular weight is 290 g/mol. The fraction of sp³-hybridized carbons (Fsp3) is 0.588. The maximum atomic E-state index is 11.4. The zero-order chi connectivity index (χ0) is 15.1. The van der Waals surface area contributed by atoms with Crippen molar-refractivity contribution in [1.29, 1.82) is 0 Å². The summed E-state index contributed by atoms with van der Waals surface area (Å²) < 4.78 is 5.57. The Morgan fingerprint density at radius 3 is 3.00 bits per heavy atom. The molecule has 0 spiro atoms. The summed E-state index contributed by atoms with van der Waals surface area (Å²) in [6.07, 6.45) is 4.65. The van der Waals surface area contributed by atoms with Gasteiger partial charge in [-0.2, -0.15) is 0 Å². The smallest absolute Gasteiger partial charge is 0.257 e. The number of hydrogen-bond donors (Lipinski definition) is 2. The normalized spacial score (nSPS) is 17.1. The lowest BCUT2D eigenvalue weighted by molar-refractivity contribution is -0.122. The quantitative estimate of drug-likeness (QED) is 0.811. The van der Waals surface area contributed by atoms with E-state index in [4.69, 9.17) is 4.74 Å². The SMILES string of the molecule is CCCNC1CCCc2cc(OCC(=O)NCC)ccc21. The second kappa shape index (κ2) is 8.03. The number of benzene rings is 1. The lowest BCUT2D eigenvalue weighted by atomic mass is 9.87. The van der Waals surface area contributed by atoms with Crippen molar-refractivity contribution in [2.24, 2.45) is 0 Å². The van der Waals surface area contributed by atoms with Crippen molar-refractivity contribution in [3.05, 3.63) is 29.3 Å².